The van der Waals surface area contributed by atoms with E-state index in [9.17, 15) is 0 Å². The van der Waals surface area contributed by atoms with Crippen molar-refractivity contribution < 1.29 is 19.2 Å². The average Bonchev–Trinajstić information content (AvgIpc) is 1.27. The highest BCUT2D eigenvalue weighted by atomic mass is 31.2. The molecule has 0 unspecified atom stereocenters. The lowest BCUT2D eigenvalue weighted by Gasteiger charge is -1.82. The highest BCUT2D eigenvalue weighted by Gasteiger charge is 2.00. The fourth-order valence-electron chi connectivity index (χ4n) is 0. The highest BCUT2D eigenvalue weighted by Crippen LogP contribution is 2.25. The third-order valence-electron chi connectivity index (χ3n) is 0. The summed E-state index contributed by atoms with van der Waals surface area (Å²) in [7, 11) is -2.64. The fourth-order valence-corrected chi connectivity index (χ4v) is 0. The minimum absolute atomic E-state index is 2.00. The zero-order valence-corrected chi connectivity index (χ0v) is 5.67. The van der Waals surface area contributed by atoms with E-state index in [2.05, 4.69) is 0 Å². The number of hydrogen-bond donors (Lipinski definition) is 3. The molecule has 0 heterocycles. The molecule has 0 aliphatic heterocycles. The van der Waals surface area contributed by atoms with E-state index < -0.39 is 7.82 Å². The summed E-state index contributed by atoms with van der Waals surface area (Å²) in [5, 5.41) is 0. The molecule has 6 heteroatoms. The number of rotatable bonds is 0. The first-order valence-corrected chi connectivity index (χ1v) is 3.50. The quantitative estimate of drug-likeness (QED) is 0.322. The summed E-state index contributed by atoms with van der Waals surface area (Å²) in [6.07, 6.45) is 0. The van der Waals surface area contributed by atoms with Crippen LogP contribution in [-0.4, -0.2) is 22.0 Å². The van der Waals surface area contributed by atoms with Crippen LogP contribution < -0.4 is 0 Å². The number of hydrogen-bond acceptors (Lipinski definition) is 1. The summed E-state index contributed by atoms with van der Waals surface area (Å²) >= 11 is 0. The lowest BCUT2D eigenvalue weighted by atomic mass is 9.88. The Kier molecular flexibility index (Phi) is 7.33. The average molecular weight is 139 g/mol. The zero-order valence-electron chi connectivity index (χ0n) is 4.77. The molecule has 0 spiro atoms. The largest absolute Gasteiger partial charge is 0.466 e. The molecule has 0 fully saturated rings. The first-order valence-electron chi connectivity index (χ1n) is 1.94. The minimum atomic E-state index is -4.64. The van der Waals surface area contributed by atoms with Gasteiger partial charge in [-0.25, -0.2) is 4.57 Å². The lowest BCUT2D eigenvalue weighted by Crippen LogP contribution is -1.66. The molecule has 1 radical (unpaired) electrons. The van der Waals surface area contributed by atoms with Gasteiger partial charge in [0.05, 0.1) is 0 Å². The van der Waals surface area contributed by atoms with Crippen molar-refractivity contribution in [3.63, 3.8) is 0 Å². The lowest BCUT2D eigenvalue weighted by molar-refractivity contribution is 0.275. The van der Waals surface area contributed by atoms with Gasteiger partial charge in [0, 0.05) is 0 Å². The van der Waals surface area contributed by atoms with E-state index in [0.717, 1.165) is 0 Å². The molecule has 0 aromatic carbocycles. The van der Waals surface area contributed by atoms with Crippen molar-refractivity contribution in [3.8, 4) is 0 Å². The van der Waals surface area contributed by atoms with E-state index in [1.54, 1.807) is 0 Å². The zero-order chi connectivity index (χ0) is 7.21. The maximum Gasteiger partial charge on any atom is 0.466 e. The van der Waals surface area contributed by atoms with Gasteiger partial charge in [-0.2, -0.15) is 0 Å². The second-order valence-electron chi connectivity index (χ2n) is 1.09. The molecular formula is C2H9BO4P. The van der Waals surface area contributed by atoms with Crippen molar-refractivity contribution in [2.45, 2.75) is 13.6 Å². The Morgan fingerprint density at radius 2 is 1.25 bits per heavy atom. The van der Waals surface area contributed by atoms with Crippen molar-refractivity contribution in [2.75, 3.05) is 0 Å². The van der Waals surface area contributed by atoms with E-state index in [1.807, 2.05) is 20.9 Å². The minimum Gasteiger partial charge on any atom is -0.303 e. The molecule has 0 rings (SSSR count). The first kappa shape index (κ1) is 11.0. The maximum absolute atomic E-state index is 8.88. The van der Waals surface area contributed by atoms with Crippen molar-refractivity contribution in [2.24, 2.45) is 0 Å². The maximum atomic E-state index is 8.88. The van der Waals surface area contributed by atoms with Crippen molar-refractivity contribution in [3.05, 3.63) is 0 Å². The molecule has 0 aliphatic rings. The highest BCUT2D eigenvalue weighted by molar-refractivity contribution is 7.45. The van der Waals surface area contributed by atoms with Gasteiger partial charge in [-0.3, -0.25) is 0 Å². The standard InChI is InChI=1S/C2H6B.H3O4P/c1-3-2;1-5(2,3)4/h1-2H3;(H3,1,2,3,4). The smallest absolute Gasteiger partial charge is 0.303 e. The van der Waals surface area contributed by atoms with E-state index in [1.165, 1.54) is 0 Å². The normalized spacial score (nSPS) is 9.12. The topological polar surface area (TPSA) is 77.8 Å². The van der Waals surface area contributed by atoms with Gasteiger partial charge in [0.15, 0.2) is 0 Å². The second kappa shape index (κ2) is 5.31. The molecule has 4 nitrogen and oxygen atoms in total. The van der Waals surface area contributed by atoms with Gasteiger partial charge in [-0.15, -0.1) is 0 Å². The molecular weight excluding hydrogens is 130 g/mol. The molecule has 0 aromatic heterocycles. The van der Waals surface area contributed by atoms with Crippen LogP contribution in [0, 0.1) is 0 Å². The SMILES string of the molecule is C[B]C.O=P(O)(O)O. The van der Waals surface area contributed by atoms with E-state index in [4.69, 9.17) is 19.2 Å². The monoisotopic (exact) mass is 139 g/mol. The Hall–Kier alpha value is 0.175. The van der Waals surface area contributed by atoms with Gasteiger partial charge in [-0.1, -0.05) is 13.6 Å². The van der Waals surface area contributed by atoms with Crippen molar-refractivity contribution in [1.29, 1.82) is 0 Å². The van der Waals surface area contributed by atoms with Gasteiger partial charge in [0.25, 0.3) is 0 Å². The Bertz CT molecular complexity index is 69.8. The molecule has 0 atom stereocenters. The predicted octanol–water partition coefficient (Wildman–Crippen LogP) is -0.142. The van der Waals surface area contributed by atoms with Gasteiger partial charge >= 0.3 is 7.82 Å². The summed E-state index contributed by atoms with van der Waals surface area (Å²) in [5.74, 6) is 0. The van der Waals surface area contributed by atoms with Crippen LogP contribution in [0.5, 0.6) is 0 Å². The van der Waals surface area contributed by atoms with E-state index in [-0.39, 0.29) is 0 Å². The van der Waals surface area contributed by atoms with Gasteiger partial charge in [0.2, 0.25) is 0 Å². The van der Waals surface area contributed by atoms with Gasteiger partial charge in [0.1, 0.15) is 7.28 Å². The molecule has 0 saturated carbocycles. The Labute approximate surface area is 49.0 Å². The first-order chi connectivity index (χ1) is 3.41. The summed E-state index contributed by atoms with van der Waals surface area (Å²) in [6, 6.07) is 0. The van der Waals surface area contributed by atoms with Gasteiger partial charge in [-0.05, 0) is 0 Å². The van der Waals surface area contributed by atoms with Crippen LogP contribution in [0.1, 0.15) is 0 Å². The molecule has 0 saturated heterocycles. The molecule has 0 amide bonds. The Balaban J connectivity index is 0. The van der Waals surface area contributed by atoms with Crippen LogP contribution in [0.25, 0.3) is 0 Å². The molecule has 49 valence electrons. The molecule has 8 heavy (non-hydrogen) atoms. The van der Waals surface area contributed by atoms with Crippen LogP contribution >= 0.6 is 7.82 Å². The second-order valence-corrected chi connectivity index (χ2v) is 2.12. The predicted molar refractivity (Wildman–Crippen MR) is 31.7 cm³/mol. The third-order valence-corrected chi connectivity index (χ3v) is 0. The fraction of sp³-hybridized carbons (Fsp3) is 1.00. The molecule has 0 aromatic rings. The molecule has 0 aliphatic carbocycles. The van der Waals surface area contributed by atoms with Crippen LogP contribution in [0.2, 0.25) is 13.6 Å². The summed E-state index contributed by atoms with van der Waals surface area (Å²) in [5.41, 5.74) is 0. The number of phosphoric acid groups is 1. The third kappa shape index (κ3) is 5400. The Morgan fingerprint density at radius 3 is 1.25 bits per heavy atom. The Morgan fingerprint density at radius 1 is 1.25 bits per heavy atom. The van der Waals surface area contributed by atoms with E-state index >= 15 is 0 Å². The van der Waals surface area contributed by atoms with Crippen LogP contribution in [-0.2, 0) is 4.57 Å². The van der Waals surface area contributed by atoms with Gasteiger partial charge < -0.3 is 14.7 Å². The summed E-state index contributed by atoms with van der Waals surface area (Å²) in [4.78, 5) is 21.6. The summed E-state index contributed by atoms with van der Waals surface area (Å²) < 4.78 is 8.88. The van der Waals surface area contributed by atoms with Crippen LogP contribution in [0.4, 0.5) is 0 Å². The van der Waals surface area contributed by atoms with E-state index in [0.29, 0.717) is 0 Å². The van der Waals surface area contributed by atoms with Crippen LogP contribution in [0.15, 0.2) is 0 Å². The summed E-state index contributed by atoms with van der Waals surface area (Å²) in [6.45, 7) is 4.00. The molecule has 0 bridgehead atoms. The molecule has 3 N–H and O–H groups in total. The van der Waals surface area contributed by atoms with Crippen molar-refractivity contribution >= 4 is 15.1 Å². The van der Waals surface area contributed by atoms with Crippen molar-refractivity contribution in [1.82, 2.24) is 0 Å². The van der Waals surface area contributed by atoms with Crippen LogP contribution in [0.3, 0.4) is 0 Å².